The summed E-state index contributed by atoms with van der Waals surface area (Å²) in [5.74, 6) is -0.350. The van der Waals surface area contributed by atoms with Crippen molar-refractivity contribution < 1.29 is 4.39 Å². The van der Waals surface area contributed by atoms with Gasteiger partial charge in [0.2, 0.25) is 0 Å². The summed E-state index contributed by atoms with van der Waals surface area (Å²) in [4.78, 5) is 0. The van der Waals surface area contributed by atoms with Gasteiger partial charge in [-0.1, -0.05) is 38.4 Å². The molecular weight excluding hydrogens is 225 g/mol. The molecule has 0 heterocycles. The predicted molar refractivity (Wildman–Crippen MR) is 67.2 cm³/mol. The molecule has 1 nitrogen and oxygen atoms in total. The summed E-state index contributed by atoms with van der Waals surface area (Å²) in [6.07, 6.45) is 1.10. The van der Waals surface area contributed by atoms with E-state index in [1.165, 1.54) is 6.07 Å². The van der Waals surface area contributed by atoms with E-state index in [1.807, 2.05) is 6.07 Å². The average Bonchev–Trinajstić information content (AvgIpc) is 2.17. The summed E-state index contributed by atoms with van der Waals surface area (Å²) in [5, 5.41) is 3.47. The summed E-state index contributed by atoms with van der Waals surface area (Å²) in [5.41, 5.74) is 1.26. The minimum absolute atomic E-state index is 0.179. The lowest BCUT2D eigenvalue weighted by Crippen LogP contribution is -2.20. The van der Waals surface area contributed by atoms with E-state index in [4.69, 9.17) is 11.6 Å². The Morgan fingerprint density at radius 3 is 2.56 bits per heavy atom. The van der Waals surface area contributed by atoms with Gasteiger partial charge in [0.15, 0.2) is 0 Å². The van der Waals surface area contributed by atoms with Crippen LogP contribution in [0.5, 0.6) is 0 Å². The number of hydrogen-bond donors (Lipinski definition) is 1. The van der Waals surface area contributed by atoms with Crippen LogP contribution in [0.2, 0.25) is 5.02 Å². The predicted octanol–water partition coefficient (Wildman–Crippen LogP) is 4.00. The van der Waals surface area contributed by atoms with Crippen molar-refractivity contribution in [1.29, 1.82) is 0 Å². The SMILES string of the molecule is CC(C)(C)CCNCc1ccc(Cl)c(F)c1. The Kier molecular flexibility index (Phi) is 4.75. The van der Waals surface area contributed by atoms with Crippen molar-refractivity contribution in [1.82, 2.24) is 5.32 Å². The lowest BCUT2D eigenvalue weighted by molar-refractivity contribution is 0.366. The maximum Gasteiger partial charge on any atom is 0.142 e. The van der Waals surface area contributed by atoms with E-state index in [0.29, 0.717) is 12.0 Å². The zero-order valence-corrected chi connectivity index (χ0v) is 10.9. The highest BCUT2D eigenvalue weighted by molar-refractivity contribution is 6.30. The summed E-state index contributed by atoms with van der Waals surface area (Å²) in [6, 6.07) is 4.92. The van der Waals surface area contributed by atoms with Crippen LogP contribution in [0.4, 0.5) is 4.39 Å². The Bertz CT molecular complexity index is 344. The highest BCUT2D eigenvalue weighted by Crippen LogP contribution is 2.18. The van der Waals surface area contributed by atoms with Gasteiger partial charge in [0.25, 0.3) is 0 Å². The maximum atomic E-state index is 13.1. The Hall–Kier alpha value is -0.600. The molecule has 0 saturated carbocycles. The first-order valence-electron chi connectivity index (χ1n) is 5.53. The van der Waals surface area contributed by atoms with Crippen molar-refractivity contribution in [3.63, 3.8) is 0 Å². The second-order valence-electron chi connectivity index (χ2n) is 5.24. The fourth-order valence-corrected chi connectivity index (χ4v) is 1.46. The molecule has 16 heavy (non-hydrogen) atoms. The molecule has 0 aliphatic rings. The van der Waals surface area contributed by atoms with E-state index in [-0.39, 0.29) is 10.8 Å². The number of hydrogen-bond acceptors (Lipinski definition) is 1. The van der Waals surface area contributed by atoms with Gasteiger partial charge in [0.1, 0.15) is 5.82 Å². The number of rotatable bonds is 4. The first-order chi connectivity index (χ1) is 7.38. The third-order valence-electron chi connectivity index (χ3n) is 2.36. The normalized spacial score (nSPS) is 11.8. The van der Waals surface area contributed by atoms with Gasteiger partial charge in [-0.15, -0.1) is 0 Å². The quantitative estimate of drug-likeness (QED) is 0.788. The van der Waals surface area contributed by atoms with Crippen LogP contribution in [0.3, 0.4) is 0 Å². The second-order valence-corrected chi connectivity index (χ2v) is 5.64. The van der Waals surface area contributed by atoms with E-state index in [2.05, 4.69) is 26.1 Å². The molecule has 1 aromatic carbocycles. The molecule has 0 fully saturated rings. The number of benzene rings is 1. The van der Waals surface area contributed by atoms with Crippen LogP contribution < -0.4 is 5.32 Å². The van der Waals surface area contributed by atoms with Gasteiger partial charge in [-0.05, 0) is 36.1 Å². The molecule has 0 aromatic heterocycles. The van der Waals surface area contributed by atoms with Crippen molar-refractivity contribution in [2.24, 2.45) is 5.41 Å². The molecule has 0 atom stereocenters. The van der Waals surface area contributed by atoms with Gasteiger partial charge < -0.3 is 5.32 Å². The summed E-state index contributed by atoms with van der Waals surface area (Å²) < 4.78 is 13.1. The summed E-state index contributed by atoms with van der Waals surface area (Å²) in [7, 11) is 0. The van der Waals surface area contributed by atoms with Crippen molar-refractivity contribution in [3.8, 4) is 0 Å². The molecule has 0 radical (unpaired) electrons. The van der Waals surface area contributed by atoms with Crippen LogP contribution >= 0.6 is 11.6 Å². The van der Waals surface area contributed by atoms with E-state index < -0.39 is 0 Å². The van der Waals surface area contributed by atoms with Crippen LogP contribution in [0.25, 0.3) is 0 Å². The molecule has 0 spiro atoms. The summed E-state index contributed by atoms with van der Waals surface area (Å²) in [6.45, 7) is 8.24. The van der Waals surface area contributed by atoms with Crippen molar-refractivity contribution >= 4 is 11.6 Å². The smallest absolute Gasteiger partial charge is 0.142 e. The molecule has 0 bridgehead atoms. The average molecular weight is 244 g/mol. The molecule has 1 N–H and O–H groups in total. The van der Waals surface area contributed by atoms with Crippen molar-refractivity contribution in [2.45, 2.75) is 33.7 Å². The fourth-order valence-electron chi connectivity index (χ4n) is 1.35. The fraction of sp³-hybridized carbons (Fsp3) is 0.538. The third kappa shape index (κ3) is 4.95. The molecule has 1 aromatic rings. The monoisotopic (exact) mass is 243 g/mol. The second kappa shape index (κ2) is 5.65. The van der Waals surface area contributed by atoms with E-state index >= 15 is 0 Å². The van der Waals surface area contributed by atoms with E-state index in [9.17, 15) is 4.39 Å². The van der Waals surface area contributed by atoms with Crippen LogP contribution in [-0.4, -0.2) is 6.54 Å². The third-order valence-corrected chi connectivity index (χ3v) is 2.67. The highest BCUT2D eigenvalue weighted by atomic mass is 35.5. The van der Waals surface area contributed by atoms with Crippen LogP contribution in [0.15, 0.2) is 18.2 Å². The van der Waals surface area contributed by atoms with Gasteiger partial charge in [-0.25, -0.2) is 4.39 Å². The van der Waals surface area contributed by atoms with E-state index in [0.717, 1.165) is 18.5 Å². The minimum atomic E-state index is -0.350. The standard InChI is InChI=1S/C13H19ClFN/c1-13(2,3)6-7-16-9-10-4-5-11(14)12(15)8-10/h4-5,8,16H,6-7,9H2,1-3H3. The molecule has 0 aliphatic heterocycles. The maximum absolute atomic E-state index is 13.1. The lowest BCUT2D eigenvalue weighted by atomic mass is 9.92. The zero-order chi connectivity index (χ0) is 12.2. The molecule has 0 aliphatic carbocycles. The lowest BCUT2D eigenvalue weighted by Gasteiger charge is -2.18. The molecule has 90 valence electrons. The number of halogens is 2. The Balaban J connectivity index is 2.35. The Morgan fingerprint density at radius 1 is 1.31 bits per heavy atom. The molecule has 0 saturated heterocycles. The van der Waals surface area contributed by atoms with Crippen molar-refractivity contribution in [2.75, 3.05) is 6.54 Å². The molecule has 0 unspecified atom stereocenters. The first-order valence-corrected chi connectivity index (χ1v) is 5.91. The largest absolute Gasteiger partial charge is 0.313 e. The minimum Gasteiger partial charge on any atom is -0.313 e. The van der Waals surface area contributed by atoms with Gasteiger partial charge >= 0.3 is 0 Å². The Morgan fingerprint density at radius 2 is 2.00 bits per heavy atom. The van der Waals surface area contributed by atoms with Gasteiger partial charge in [-0.2, -0.15) is 0 Å². The topological polar surface area (TPSA) is 12.0 Å². The van der Waals surface area contributed by atoms with Crippen molar-refractivity contribution in [3.05, 3.63) is 34.6 Å². The molecule has 1 rings (SSSR count). The zero-order valence-electron chi connectivity index (χ0n) is 10.1. The molecule has 0 amide bonds. The van der Waals surface area contributed by atoms with Gasteiger partial charge in [0.05, 0.1) is 5.02 Å². The van der Waals surface area contributed by atoms with E-state index in [1.54, 1.807) is 6.07 Å². The van der Waals surface area contributed by atoms with Crippen LogP contribution in [-0.2, 0) is 6.54 Å². The number of nitrogens with one attached hydrogen (secondary N) is 1. The van der Waals surface area contributed by atoms with Crippen LogP contribution in [0, 0.1) is 11.2 Å². The van der Waals surface area contributed by atoms with Gasteiger partial charge in [-0.3, -0.25) is 0 Å². The van der Waals surface area contributed by atoms with Gasteiger partial charge in [0, 0.05) is 6.54 Å². The highest BCUT2D eigenvalue weighted by Gasteiger charge is 2.08. The Labute approximate surface area is 102 Å². The molecule has 3 heteroatoms. The summed E-state index contributed by atoms with van der Waals surface area (Å²) >= 11 is 5.61. The first kappa shape index (κ1) is 13.5. The van der Waals surface area contributed by atoms with Crippen LogP contribution in [0.1, 0.15) is 32.8 Å². The molecular formula is C13H19ClFN.